The maximum Gasteiger partial charge on any atom is 0.401 e. The van der Waals surface area contributed by atoms with E-state index < -0.39 is 18.8 Å². The van der Waals surface area contributed by atoms with Crippen molar-refractivity contribution in [1.29, 1.82) is 0 Å². The van der Waals surface area contributed by atoms with Crippen LogP contribution in [0.25, 0.3) is 0 Å². The first-order valence-corrected chi connectivity index (χ1v) is 5.55. The highest BCUT2D eigenvalue weighted by molar-refractivity contribution is 6.42. The third kappa shape index (κ3) is 4.35. The summed E-state index contributed by atoms with van der Waals surface area (Å²) in [5.74, 6) is 0. The molecular formula is C10H11Cl2F3N2. The van der Waals surface area contributed by atoms with E-state index in [2.05, 4.69) is 5.32 Å². The molecule has 0 aliphatic carbocycles. The summed E-state index contributed by atoms with van der Waals surface area (Å²) in [7, 11) is 0. The van der Waals surface area contributed by atoms with E-state index >= 15 is 0 Å². The van der Waals surface area contributed by atoms with Gasteiger partial charge in [-0.3, -0.25) is 0 Å². The highest BCUT2D eigenvalue weighted by Gasteiger charge is 2.28. The van der Waals surface area contributed by atoms with Gasteiger partial charge in [0, 0.05) is 12.6 Å². The molecule has 0 fully saturated rings. The van der Waals surface area contributed by atoms with Crippen LogP contribution < -0.4 is 11.1 Å². The molecule has 1 unspecified atom stereocenters. The zero-order chi connectivity index (χ0) is 13.1. The highest BCUT2D eigenvalue weighted by Crippen LogP contribution is 2.30. The summed E-state index contributed by atoms with van der Waals surface area (Å²) >= 11 is 11.7. The van der Waals surface area contributed by atoms with Gasteiger partial charge in [-0.2, -0.15) is 13.2 Å². The summed E-state index contributed by atoms with van der Waals surface area (Å²) in [6.45, 7) is -1.13. The van der Waals surface area contributed by atoms with Crippen LogP contribution in [0.4, 0.5) is 13.2 Å². The van der Waals surface area contributed by atoms with Crippen LogP contribution in [0.1, 0.15) is 11.6 Å². The van der Waals surface area contributed by atoms with Crippen LogP contribution in [0, 0.1) is 0 Å². The third-order valence-corrected chi connectivity index (χ3v) is 2.98. The summed E-state index contributed by atoms with van der Waals surface area (Å²) < 4.78 is 36.3. The fraction of sp³-hybridized carbons (Fsp3) is 0.400. The Morgan fingerprint density at radius 1 is 1.29 bits per heavy atom. The van der Waals surface area contributed by atoms with Gasteiger partial charge < -0.3 is 11.1 Å². The third-order valence-electron chi connectivity index (χ3n) is 2.14. The Labute approximate surface area is 107 Å². The Bertz CT molecular complexity index is 382. The van der Waals surface area contributed by atoms with Crippen molar-refractivity contribution in [1.82, 2.24) is 5.32 Å². The molecule has 0 saturated carbocycles. The minimum absolute atomic E-state index is 0.00383. The Balaban J connectivity index is 2.83. The van der Waals surface area contributed by atoms with Gasteiger partial charge in [-0.15, -0.1) is 0 Å². The van der Waals surface area contributed by atoms with Crippen LogP contribution >= 0.6 is 23.2 Å². The lowest BCUT2D eigenvalue weighted by molar-refractivity contribution is -0.126. The minimum atomic E-state index is -4.29. The van der Waals surface area contributed by atoms with Gasteiger partial charge >= 0.3 is 6.18 Å². The maximum absolute atomic E-state index is 12.1. The Kier molecular flexibility index (Phi) is 5.06. The van der Waals surface area contributed by atoms with Gasteiger partial charge in [0.25, 0.3) is 0 Å². The summed E-state index contributed by atoms with van der Waals surface area (Å²) in [5, 5.41) is 2.81. The topological polar surface area (TPSA) is 38.0 Å². The number of benzene rings is 1. The zero-order valence-corrected chi connectivity index (χ0v) is 10.2. The molecule has 17 heavy (non-hydrogen) atoms. The number of hydrogen-bond acceptors (Lipinski definition) is 2. The molecule has 1 aromatic rings. The van der Waals surface area contributed by atoms with Gasteiger partial charge in [0.1, 0.15) is 0 Å². The fourth-order valence-electron chi connectivity index (χ4n) is 1.35. The number of halogens is 5. The second-order valence-electron chi connectivity index (χ2n) is 3.43. The standard InChI is InChI=1S/C10H11Cl2F3N2/c11-7-3-1-2-6(9(7)12)8(4-16)17-5-10(13,14)15/h1-3,8,17H,4-5,16H2. The molecule has 0 spiro atoms. The van der Waals surface area contributed by atoms with Crippen molar-refractivity contribution in [3.8, 4) is 0 Å². The van der Waals surface area contributed by atoms with E-state index in [9.17, 15) is 13.2 Å². The van der Waals surface area contributed by atoms with Crippen molar-refractivity contribution in [3.05, 3.63) is 33.8 Å². The molecule has 2 nitrogen and oxygen atoms in total. The van der Waals surface area contributed by atoms with Crippen LogP contribution in [0.3, 0.4) is 0 Å². The molecule has 0 aliphatic rings. The molecule has 96 valence electrons. The lowest BCUT2D eigenvalue weighted by Crippen LogP contribution is -2.35. The maximum atomic E-state index is 12.1. The second-order valence-corrected chi connectivity index (χ2v) is 4.21. The number of nitrogens with one attached hydrogen (secondary N) is 1. The van der Waals surface area contributed by atoms with Gasteiger partial charge in [0.05, 0.1) is 16.6 Å². The Morgan fingerprint density at radius 2 is 1.94 bits per heavy atom. The number of hydrogen-bond donors (Lipinski definition) is 2. The normalized spacial score (nSPS) is 13.8. The second kappa shape index (κ2) is 5.91. The van der Waals surface area contributed by atoms with E-state index in [-0.39, 0.29) is 16.6 Å². The smallest absolute Gasteiger partial charge is 0.329 e. The highest BCUT2D eigenvalue weighted by atomic mass is 35.5. The van der Waals surface area contributed by atoms with Crippen LogP contribution in [-0.4, -0.2) is 19.3 Å². The van der Waals surface area contributed by atoms with E-state index in [4.69, 9.17) is 28.9 Å². The first-order chi connectivity index (χ1) is 7.85. The predicted molar refractivity (Wildman–Crippen MR) is 62.3 cm³/mol. The zero-order valence-electron chi connectivity index (χ0n) is 8.69. The largest absolute Gasteiger partial charge is 0.401 e. The van der Waals surface area contributed by atoms with Crippen LogP contribution in [-0.2, 0) is 0 Å². The molecule has 0 amide bonds. The average Bonchev–Trinajstić information content (AvgIpc) is 2.23. The number of alkyl halides is 3. The summed E-state index contributed by atoms with van der Waals surface area (Å²) in [4.78, 5) is 0. The molecule has 0 radical (unpaired) electrons. The predicted octanol–water partition coefficient (Wildman–Crippen LogP) is 3.15. The van der Waals surface area contributed by atoms with E-state index in [0.29, 0.717) is 5.56 Å². The SMILES string of the molecule is NCC(NCC(F)(F)F)c1cccc(Cl)c1Cl. The molecule has 0 saturated heterocycles. The number of nitrogens with two attached hydrogens (primary N) is 1. The Morgan fingerprint density at radius 3 is 2.47 bits per heavy atom. The van der Waals surface area contributed by atoms with E-state index in [1.165, 1.54) is 0 Å². The number of rotatable bonds is 4. The van der Waals surface area contributed by atoms with Gasteiger partial charge in [0.15, 0.2) is 0 Å². The minimum Gasteiger partial charge on any atom is -0.329 e. The van der Waals surface area contributed by atoms with E-state index in [1.807, 2.05) is 0 Å². The molecule has 0 aromatic heterocycles. The summed E-state index contributed by atoms with van der Waals surface area (Å²) in [6.07, 6.45) is -4.29. The molecule has 0 aliphatic heterocycles. The lowest BCUT2D eigenvalue weighted by atomic mass is 10.1. The van der Waals surface area contributed by atoms with Gasteiger partial charge in [-0.25, -0.2) is 0 Å². The molecule has 1 aromatic carbocycles. The first kappa shape index (κ1) is 14.6. The van der Waals surface area contributed by atoms with Crippen molar-refractivity contribution in [2.45, 2.75) is 12.2 Å². The molecule has 1 atom stereocenters. The van der Waals surface area contributed by atoms with Crippen molar-refractivity contribution in [2.24, 2.45) is 5.73 Å². The fourth-order valence-corrected chi connectivity index (χ4v) is 1.79. The van der Waals surface area contributed by atoms with Crippen LogP contribution in [0.5, 0.6) is 0 Å². The average molecular weight is 287 g/mol. The summed E-state index contributed by atoms with van der Waals surface area (Å²) in [6, 6.07) is 4.09. The van der Waals surface area contributed by atoms with Gasteiger partial charge in [-0.05, 0) is 11.6 Å². The Hall–Kier alpha value is -0.490. The van der Waals surface area contributed by atoms with Crippen LogP contribution in [0.2, 0.25) is 10.0 Å². The molecule has 0 heterocycles. The monoisotopic (exact) mass is 286 g/mol. The van der Waals surface area contributed by atoms with Crippen LogP contribution in [0.15, 0.2) is 18.2 Å². The molecule has 0 bridgehead atoms. The first-order valence-electron chi connectivity index (χ1n) is 4.79. The van der Waals surface area contributed by atoms with Crippen molar-refractivity contribution >= 4 is 23.2 Å². The quantitative estimate of drug-likeness (QED) is 0.892. The summed E-state index contributed by atoms with van der Waals surface area (Å²) in [5.41, 5.74) is 5.89. The van der Waals surface area contributed by atoms with E-state index in [1.54, 1.807) is 18.2 Å². The van der Waals surface area contributed by atoms with E-state index in [0.717, 1.165) is 0 Å². The van der Waals surface area contributed by atoms with Crippen molar-refractivity contribution < 1.29 is 13.2 Å². The molecule has 3 N–H and O–H groups in total. The lowest BCUT2D eigenvalue weighted by Gasteiger charge is -2.20. The van der Waals surface area contributed by atoms with Crippen molar-refractivity contribution in [3.63, 3.8) is 0 Å². The molecule has 7 heteroatoms. The molecular weight excluding hydrogens is 276 g/mol. The van der Waals surface area contributed by atoms with Crippen molar-refractivity contribution in [2.75, 3.05) is 13.1 Å². The molecule has 1 rings (SSSR count). The van der Waals surface area contributed by atoms with Gasteiger partial charge in [-0.1, -0.05) is 35.3 Å². The van der Waals surface area contributed by atoms with Gasteiger partial charge in [0.2, 0.25) is 0 Å².